The third-order valence-electron chi connectivity index (χ3n) is 4.06. The van der Waals surface area contributed by atoms with Crippen LogP contribution in [0.25, 0.3) is 0 Å². The van der Waals surface area contributed by atoms with Gasteiger partial charge in [0.25, 0.3) is 0 Å². The van der Waals surface area contributed by atoms with Gasteiger partial charge in [-0.2, -0.15) is 0 Å². The molecule has 2 rings (SSSR count). The van der Waals surface area contributed by atoms with E-state index in [9.17, 15) is 0 Å². The van der Waals surface area contributed by atoms with Gasteiger partial charge in [-0.15, -0.1) is 0 Å². The minimum Gasteiger partial charge on any atom is -0.494 e. The average molecular weight is 343 g/mol. The second-order valence-electron chi connectivity index (χ2n) is 5.74. The molecule has 2 aromatic rings. The first-order valence-corrected chi connectivity index (χ1v) is 9.03. The molecule has 0 aromatic heterocycles. The first-order chi connectivity index (χ1) is 12.2. The van der Waals surface area contributed by atoms with Crippen LogP contribution >= 0.6 is 0 Å². The van der Waals surface area contributed by atoms with Crippen LogP contribution in [0.4, 0.5) is 0 Å². The Labute approximate surface area is 150 Å². The van der Waals surface area contributed by atoms with E-state index in [2.05, 4.69) is 12.1 Å². The Hall–Kier alpha value is -2.20. The lowest BCUT2D eigenvalue weighted by Gasteiger charge is -2.21. The Morgan fingerprint density at radius 2 is 1.52 bits per heavy atom. The van der Waals surface area contributed by atoms with Crippen molar-refractivity contribution < 1.29 is 14.2 Å². The fourth-order valence-electron chi connectivity index (χ4n) is 2.94. The molecule has 2 aromatic carbocycles. The van der Waals surface area contributed by atoms with E-state index < -0.39 is 0 Å². The monoisotopic (exact) mass is 343 g/mol. The molecule has 1 unspecified atom stereocenters. The van der Waals surface area contributed by atoms with Gasteiger partial charge in [0, 0.05) is 12.0 Å². The Balaban J connectivity index is 2.30. The highest BCUT2D eigenvalue weighted by atomic mass is 16.5. The Morgan fingerprint density at radius 1 is 0.840 bits per heavy atom. The van der Waals surface area contributed by atoms with Crippen molar-refractivity contribution in [2.75, 3.05) is 26.4 Å². The molecule has 0 fully saturated rings. The largest absolute Gasteiger partial charge is 0.494 e. The zero-order valence-corrected chi connectivity index (χ0v) is 15.5. The molecule has 0 bridgehead atoms. The fraction of sp³-hybridized carbons (Fsp3) is 0.429. The maximum absolute atomic E-state index is 6.11. The molecule has 1 atom stereocenters. The summed E-state index contributed by atoms with van der Waals surface area (Å²) in [5.74, 6) is 2.74. The van der Waals surface area contributed by atoms with Crippen LogP contribution < -0.4 is 19.9 Å². The van der Waals surface area contributed by atoms with Crippen LogP contribution in [-0.4, -0.2) is 26.4 Å². The van der Waals surface area contributed by atoms with Crippen LogP contribution in [0.15, 0.2) is 42.5 Å². The van der Waals surface area contributed by atoms with Crippen molar-refractivity contribution in [2.45, 2.75) is 33.1 Å². The summed E-state index contributed by atoms with van der Waals surface area (Å²) >= 11 is 0. The van der Waals surface area contributed by atoms with Gasteiger partial charge < -0.3 is 19.9 Å². The normalized spacial score (nSPS) is 11.8. The number of ether oxygens (including phenoxy) is 3. The molecule has 4 nitrogen and oxygen atoms in total. The van der Waals surface area contributed by atoms with E-state index in [0.717, 1.165) is 34.8 Å². The van der Waals surface area contributed by atoms with Crippen molar-refractivity contribution in [1.82, 2.24) is 0 Å². The first kappa shape index (κ1) is 19.1. The molecule has 0 aliphatic rings. The number of hydrogen-bond acceptors (Lipinski definition) is 4. The third-order valence-corrected chi connectivity index (χ3v) is 4.06. The van der Waals surface area contributed by atoms with Crippen LogP contribution in [0.3, 0.4) is 0 Å². The Kier molecular flexibility index (Phi) is 7.61. The van der Waals surface area contributed by atoms with Crippen LogP contribution in [0.2, 0.25) is 0 Å². The number of hydrogen-bond donors (Lipinski definition) is 1. The van der Waals surface area contributed by atoms with Crippen molar-refractivity contribution >= 4 is 0 Å². The van der Waals surface area contributed by atoms with Gasteiger partial charge in [0.05, 0.1) is 19.8 Å². The van der Waals surface area contributed by atoms with Crippen molar-refractivity contribution in [3.05, 3.63) is 53.6 Å². The van der Waals surface area contributed by atoms with E-state index in [-0.39, 0.29) is 5.92 Å². The van der Waals surface area contributed by atoms with Crippen LogP contribution in [0.5, 0.6) is 17.2 Å². The summed E-state index contributed by atoms with van der Waals surface area (Å²) in [6.45, 7) is 8.38. The van der Waals surface area contributed by atoms with Gasteiger partial charge in [-0.25, -0.2) is 0 Å². The van der Waals surface area contributed by atoms with E-state index in [1.807, 2.05) is 51.1 Å². The molecular formula is C21H29NO3. The van der Waals surface area contributed by atoms with Crippen molar-refractivity contribution in [3.63, 3.8) is 0 Å². The van der Waals surface area contributed by atoms with Crippen LogP contribution in [0, 0.1) is 0 Å². The minimum atomic E-state index is 0.152. The summed E-state index contributed by atoms with van der Waals surface area (Å²) in [5, 5.41) is 0. The van der Waals surface area contributed by atoms with E-state index in [1.54, 1.807) is 0 Å². The van der Waals surface area contributed by atoms with Crippen molar-refractivity contribution in [1.29, 1.82) is 0 Å². The minimum absolute atomic E-state index is 0.152. The molecule has 0 saturated heterocycles. The summed E-state index contributed by atoms with van der Waals surface area (Å²) in [6.07, 6.45) is 0.806. The highest BCUT2D eigenvalue weighted by Gasteiger charge is 2.18. The molecule has 4 heteroatoms. The predicted molar refractivity (Wildman–Crippen MR) is 102 cm³/mol. The lowest BCUT2D eigenvalue weighted by molar-refractivity contribution is 0.318. The summed E-state index contributed by atoms with van der Waals surface area (Å²) in [7, 11) is 0. The fourth-order valence-corrected chi connectivity index (χ4v) is 2.94. The van der Waals surface area contributed by atoms with E-state index in [0.29, 0.717) is 26.4 Å². The maximum atomic E-state index is 6.11. The van der Waals surface area contributed by atoms with E-state index >= 15 is 0 Å². The zero-order valence-electron chi connectivity index (χ0n) is 15.5. The van der Waals surface area contributed by atoms with Gasteiger partial charge >= 0.3 is 0 Å². The number of nitrogens with two attached hydrogens (primary N) is 1. The van der Waals surface area contributed by atoms with Crippen LogP contribution in [0.1, 0.15) is 37.8 Å². The van der Waals surface area contributed by atoms with Gasteiger partial charge in [0.1, 0.15) is 17.2 Å². The summed E-state index contributed by atoms with van der Waals surface area (Å²) in [6, 6.07) is 14.1. The average Bonchev–Trinajstić information content (AvgIpc) is 2.62. The van der Waals surface area contributed by atoms with Crippen LogP contribution in [-0.2, 0) is 6.42 Å². The molecule has 2 N–H and O–H groups in total. The first-order valence-electron chi connectivity index (χ1n) is 9.03. The molecule has 0 aliphatic heterocycles. The second kappa shape index (κ2) is 9.94. The zero-order chi connectivity index (χ0) is 18.1. The van der Waals surface area contributed by atoms with Gasteiger partial charge in [0.15, 0.2) is 0 Å². The summed E-state index contributed by atoms with van der Waals surface area (Å²) in [5.41, 5.74) is 8.38. The highest BCUT2D eigenvalue weighted by Crippen LogP contribution is 2.34. The summed E-state index contributed by atoms with van der Waals surface area (Å²) < 4.78 is 17.2. The topological polar surface area (TPSA) is 53.7 Å². The highest BCUT2D eigenvalue weighted by molar-refractivity contribution is 5.44. The second-order valence-corrected chi connectivity index (χ2v) is 5.74. The molecular weight excluding hydrogens is 314 g/mol. The molecule has 25 heavy (non-hydrogen) atoms. The summed E-state index contributed by atoms with van der Waals surface area (Å²) in [4.78, 5) is 0. The predicted octanol–water partition coefficient (Wildman–Crippen LogP) is 4.17. The van der Waals surface area contributed by atoms with Crippen molar-refractivity contribution in [3.8, 4) is 17.2 Å². The molecule has 0 heterocycles. The third kappa shape index (κ3) is 5.13. The van der Waals surface area contributed by atoms with Gasteiger partial charge in [0.2, 0.25) is 0 Å². The van der Waals surface area contributed by atoms with E-state index in [1.165, 1.54) is 0 Å². The number of benzene rings is 2. The maximum Gasteiger partial charge on any atom is 0.126 e. The molecule has 0 spiro atoms. The number of rotatable bonds is 10. The number of para-hydroxylation sites is 1. The molecule has 0 aliphatic carbocycles. The smallest absolute Gasteiger partial charge is 0.126 e. The standard InChI is InChI=1S/C21H29NO3/c1-4-23-18-11-12-19(21(14-18)25-6-3)17(15-22)13-16-9-7-8-10-20(16)24-5-2/h7-12,14,17H,4-6,13,15,22H2,1-3H3. The quantitative estimate of drug-likeness (QED) is 0.703. The Morgan fingerprint density at radius 3 is 2.20 bits per heavy atom. The molecule has 0 saturated carbocycles. The molecule has 136 valence electrons. The molecule has 0 radical (unpaired) electrons. The lowest BCUT2D eigenvalue weighted by Crippen LogP contribution is -2.17. The van der Waals surface area contributed by atoms with E-state index in [4.69, 9.17) is 19.9 Å². The van der Waals surface area contributed by atoms with Gasteiger partial charge in [-0.1, -0.05) is 24.3 Å². The molecule has 0 amide bonds. The SMILES string of the molecule is CCOc1ccc(C(CN)Cc2ccccc2OCC)c(OCC)c1. The lowest BCUT2D eigenvalue weighted by atomic mass is 9.91. The van der Waals surface area contributed by atoms with Gasteiger partial charge in [-0.3, -0.25) is 0 Å². The van der Waals surface area contributed by atoms with Gasteiger partial charge in [-0.05, 0) is 57.0 Å². The van der Waals surface area contributed by atoms with Crippen molar-refractivity contribution in [2.24, 2.45) is 5.73 Å². The Bertz CT molecular complexity index is 657.